The Hall–Kier alpha value is -2.14. The number of benzene rings is 1. The van der Waals surface area contributed by atoms with Gasteiger partial charge in [0.1, 0.15) is 6.29 Å². The van der Waals surface area contributed by atoms with Gasteiger partial charge in [-0.15, -0.1) is 0 Å². The van der Waals surface area contributed by atoms with Gasteiger partial charge in [-0.3, -0.25) is 9.78 Å². The molecule has 0 saturated carbocycles. The summed E-state index contributed by atoms with van der Waals surface area (Å²) >= 11 is 6.04. The Balaban J connectivity index is 2.29. The number of nitrogens with one attached hydrogen (secondary N) is 2. The molecule has 0 fully saturated rings. The van der Waals surface area contributed by atoms with Gasteiger partial charge in [0.2, 0.25) is 5.95 Å². The van der Waals surface area contributed by atoms with E-state index in [-0.39, 0.29) is 5.56 Å². The van der Waals surface area contributed by atoms with Crippen molar-refractivity contribution in [1.82, 2.24) is 9.97 Å². The van der Waals surface area contributed by atoms with Gasteiger partial charge in [0.25, 0.3) is 5.56 Å². The number of nitrogens with zero attached hydrogens (tertiary/aromatic N) is 1. The number of aromatic amines is 1. The number of carbonyl (C=O) groups excluding carboxylic acids is 1. The van der Waals surface area contributed by atoms with Crippen LogP contribution in [0.3, 0.4) is 0 Å². The lowest BCUT2D eigenvalue weighted by atomic mass is 10.2. The van der Waals surface area contributed by atoms with Gasteiger partial charge < -0.3 is 10.1 Å². The summed E-state index contributed by atoms with van der Waals surface area (Å²) in [5.74, 6) is 0.337. The van der Waals surface area contributed by atoms with Crippen molar-refractivity contribution in [3.05, 3.63) is 50.9 Å². The molecule has 0 unspecified atom stereocenters. The molecule has 0 radical (unpaired) electrons. The maximum atomic E-state index is 11.6. The van der Waals surface area contributed by atoms with Gasteiger partial charge in [-0.1, -0.05) is 17.7 Å². The first-order valence-electron chi connectivity index (χ1n) is 6.16. The number of hydrogen-bond acceptors (Lipinski definition) is 4. The van der Waals surface area contributed by atoms with Crippen LogP contribution in [0.2, 0.25) is 5.02 Å². The van der Waals surface area contributed by atoms with Gasteiger partial charge in [0, 0.05) is 23.2 Å². The Bertz CT molecular complexity index is 682. The highest BCUT2D eigenvalue weighted by atomic mass is 35.5. The van der Waals surface area contributed by atoms with Gasteiger partial charge in [0.05, 0.1) is 5.69 Å². The Kier molecular flexibility index (Phi) is 4.53. The summed E-state index contributed by atoms with van der Waals surface area (Å²) < 4.78 is 0. The molecule has 2 rings (SSSR count). The predicted octanol–water partition coefficient (Wildman–Crippen LogP) is 2.61. The van der Waals surface area contributed by atoms with Crippen molar-refractivity contribution in [2.75, 3.05) is 5.32 Å². The van der Waals surface area contributed by atoms with Crippen molar-refractivity contribution >= 4 is 29.5 Å². The second-order valence-electron chi connectivity index (χ2n) is 4.33. The number of H-pyrrole nitrogens is 1. The van der Waals surface area contributed by atoms with E-state index in [2.05, 4.69) is 15.3 Å². The zero-order valence-electron chi connectivity index (χ0n) is 10.9. The highest BCUT2D eigenvalue weighted by Crippen LogP contribution is 2.24. The molecule has 0 aliphatic carbocycles. The van der Waals surface area contributed by atoms with Crippen LogP contribution in [0.4, 0.5) is 11.6 Å². The van der Waals surface area contributed by atoms with Crippen LogP contribution in [-0.4, -0.2) is 16.3 Å². The summed E-state index contributed by atoms with van der Waals surface area (Å²) in [7, 11) is 0. The van der Waals surface area contributed by atoms with Crippen molar-refractivity contribution in [3.8, 4) is 0 Å². The lowest BCUT2D eigenvalue weighted by Gasteiger charge is -2.10. The topological polar surface area (TPSA) is 74.8 Å². The van der Waals surface area contributed by atoms with Crippen molar-refractivity contribution in [1.29, 1.82) is 0 Å². The van der Waals surface area contributed by atoms with E-state index < -0.39 is 0 Å². The molecule has 104 valence electrons. The molecular formula is C14H14ClN3O2. The minimum absolute atomic E-state index is 0.261. The number of halogens is 1. The van der Waals surface area contributed by atoms with E-state index in [1.54, 1.807) is 6.07 Å². The standard InChI is InChI=1S/C14H14ClN3O2/c1-9-11(15)5-2-6-12(9)17-14-16-10(4-3-7-19)8-13(20)18-14/h2,5-8H,3-4H2,1H3,(H2,16,17,18,20). The average Bonchev–Trinajstić information content (AvgIpc) is 2.41. The molecule has 2 N–H and O–H groups in total. The smallest absolute Gasteiger partial charge is 0.252 e. The first-order chi connectivity index (χ1) is 9.60. The van der Waals surface area contributed by atoms with Crippen LogP contribution in [-0.2, 0) is 11.2 Å². The van der Waals surface area contributed by atoms with E-state index in [9.17, 15) is 9.59 Å². The number of rotatable bonds is 5. The largest absolute Gasteiger partial charge is 0.325 e. The molecule has 1 aromatic carbocycles. The minimum atomic E-state index is -0.261. The normalized spacial score (nSPS) is 10.3. The van der Waals surface area contributed by atoms with Crippen molar-refractivity contribution < 1.29 is 4.79 Å². The summed E-state index contributed by atoms with van der Waals surface area (Å²) in [5, 5.41) is 3.66. The molecule has 0 atom stereocenters. The third-order valence-electron chi connectivity index (χ3n) is 2.83. The summed E-state index contributed by atoms with van der Waals surface area (Å²) in [4.78, 5) is 28.8. The van der Waals surface area contributed by atoms with E-state index in [0.29, 0.717) is 29.5 Å². The molecule has 2 aromatic rings. The van der Waals surface area contributed by atoms with Crippen LogP contribution in [0.1, 0.15) is 17.7 Å². The molecule has 0 aliphatic heterocycles. The zero-order valence-corrected chi connectivity index (χ0v) is 11.7. The number of anilines is 2. The fraction of sp³-hybridized carbons (Fsp3) is 0.214. The second-order valence-corrected chi connectivity index (χ2v) is 4.74. The first-order valence-corrected chi connectivity index (χ1v) is 6.54. The van der Waals surface area contributed by atoms with Gasteiger partial charge in [-0.25, -0.2) is 4.98 Å². The number of aryl methyl sites for hydroxylation is 1. The molecule has 0 bridgehead atoms. The molecule has 1 heterocycles. The van der Waals surface area contributed by atoms with Crippen molar-refractivity contribution in [3.63, 3.8) is 0 Å². The van der Waals surface area contributed by atoms with Crippen LogP contribution >= 0.6 is 11.6 Å². The fourth-order valence-electron chi connectivity index (χ4n) is 1.77. The maximum absolute atomic E-state index is 11.6. The molecule has 6 heteroatoms. The van der Waals surface area contributed by atoms with E-state index in [4.69, 9.17) is 11.6 Å². The Labute approximate surface area is 121 Å². The van der Waals surface area contributed by atoms with Gasteiger partial charge in [-0.05, 0) is 31.0 Å². The first kappa shape index (κ1) is 14.3. The van der Waals surface area contributed by atoms with Crippen molar-refractivity contribution in [2.24, 2.45) is 0 Å². The number of hydrogen-bond donors (Lipinski definition) is 2. The molecule has 0 aliphatic rings. The monoisotopic (exact) mass is 291 g/mol. The molecule has 1 aromatic heterocycles. The third-order valence-corrected chi connectivity index (χ3v) is 3.24. The summed E-state index contributed by atoms with van der Waals surface area (Å²) in [5.41, 5.74) is 1.95. The Morgan fingerprint density at radius 2 is 2.25 bits per heavy atom. The molecule has 0 amide bonds. The van der Waals surface area contributed by atoms with E-state index in [1.165, 1.54) is 6.07 Å². The number of aromatic nitrogens is 2. The van der Waals surface area contributed by atoms with Crippen molar-refractivity contribution in [2.45, 2.75) is 19.8 Å². The fourth-order valence-corrected chi connectivity index (χ4v) is 1.95. The average molecular weight is 292 g/mol. The zero-order chi connectivity index (χ0) is 14.5. The summed E-state index contributed by atoms with van der Waals surface area (Å²) in [6.45, 7) is 1.87. The molecule has 0 saturated heterocycles. The van der Waals surface area contributed by atoms with Crippen LogP contribution in [0.15, 0.2) is 29.1 Å². The number of carbonyl (C=O) groups is 1. The van der Waals surface area contributed by atoms with Gasteiger partial charge in [-0.2, -0.15) is 0 Å². The quantitative estimate of drug-likeness (QED) is 0.830. The van der Waals surface area contributed by atoms with Crippen LogP contribution < -0.4 is 10.9 Å². The highest BCUT2D eigenvalue weighted by molar-refractivity contribution is 6.31. The van der Waals surface area contributed by atoms with Gasteiger partial charge in [0.15, 0.2) is 0 Å². The lowest BCUT2D eigenvalue weighted by Crippen LogP contribution is -2.12. The summed E-state index contributed by atoms with van der Waals surface area (Å²) in [6.07, 6.45) is 1.58. The highest BCUT2D eigenvalue weighted by Gasteiger charge is 2.05. The van der Waals surface area contributed by atoms with E-state index in [1.807, 2.05) is 19.1 Å². The third kappa shape index (κ3) is 3.45. The van der Waals surface area contributed by atoms with Crippen LogP contribution in [0.5, 0.6) is 0 Å². The van der Waals surface area contributed by atoms with Gasteiger partial charge >= 0.3 is 0 Å². The Morgan fingerprint density at radius 3 is 3.00 bits per heavy atom. The maximum Gasteiger partial charge on any atom is 0.252 e. The SMILES string of the molecule is Cc1c(Cl)cccc1Nc1nc(CCC=O)cc(=O)[nH]1. The molecule has 0 spiro atoms. The second kappa shape index (κ2) is 6.34. The van der Waals surface area contributed by atoms with Crippen LogP contribution in [0, 0.1) is 6.92 Å². The van der Waals surface area contributed by atoms with E-state index >= 15 is 0 Å². The summed E-state index contributed by atoms with van der Waals surface area (Å²) in [6, 6.07) is 6.84. The predicted molar refractivity (Wildman–Crippen MR) is 78.7 cm³/mol. The number of aldehydes is 1. The minimum Gasteiger partial charge on any atom is -0.325 e. The lowest BCUT2D eigenvalue weighted by molar-refractivity contribution is -0.107. The van der Waals surface area contributed by atoms with E-state index in [0.717, 1.165) is 17.5 Å². The molecular weight excluding hydrogens is 278 g/mol. The molecule has 5 nitrogen and oxygen atoms in total. The van der Waals surface area contributed by atoms with Crippen LogP contribution in [0.25, 0.3) is 0 Å². The Morgan fingerprint density at radius 1 is 1.45 bits per heavy atom. The molecule has 20 heavy (non-hydrogen) atoms.